The zero-order chi connectivity index (χ0) is 18.3. The highest BCUT2D eigenvalue weighted by atomic mass is 19.2. The van der Waals surface area contributed by atoms with Gasteiger partial charge in [-0.25, -0.2) is 39.5 Å². The van der Waals surface area contributed by atoms with E-state index in [2.05, 4.69) is 5.11 Å². The molecule has 3 nitrogen and oxygen atoms in total. The molecule has 0 unspecified atom stereocenters. The predicted octanol–water partition coefficient (Wildman–Crippen LogP) is 5.55. The predicted molar refractivity (Wildman–Crippen MR) is 60.3 cm³/mol. The molecule has 0 saturated carbocycles. The van der Waals surface area contributed by atoms with Crippen LogP contribution in [0.5, 0.6) is 0 Å². The fourth-order valence-corrected chi connectivity index (χ4v) is 1.80. The molecule has 0 aromatic heterocycles. The highest BCUT2D eigenvalue weighted by molar-refractivity contribution is 5.69. The average molecular weight is 357 g/mol. The number of rotatable bonds is 2. The summed E-state index contributed by atoms with van der Waals surface area (Å²) >= 11 is 0. The van der Waals surface area contributed by atoms with Crippen molar-refractivity contribution in [2.24, 2.45) is 5.11 Å². The summed E-state index contributed by atoms with van der Waals surface area (Å²) in [6.07, 6.45) is 0. The van der Waals surface area contributed by atoms with Gasteiger partial charge in [-0.2, -0.15) is 0 Å². The molecule has 0 radical (unpaired) electrons. The van der Waals surface area contributed by atoms with Crippen molar-refractivity contribution in [3.63, 3.8) is 0 Å². The van der Waals surface area contributed by atoms with Crippen LogP contribution in [0.25, 0.3) is 21.6 Å². The summed E-state index contributed by atoms with van der Waals surface area (Å²) < 4.78 is 121. The highest BCUT2D eigenvalue weighted by Gasteiger charge is 2.33. The van der Waals surface area contributed by atoms with Gasteiger partial charge in [-0.1, -0.05) is 5.11 Å². The number of halogens is 9. The van der Waals surface area contributed by atoms with Crippen LogP contribution in [-0.2, 0) is 0 Å². The Hall–Kier alpha value is -2.88. The molecule has 0 atom stereocenters. The van der Waals surface area contributed by atoms with Crippen LogP contribution in [0.15, 0.2) is 5.11 Å². The topological polar surface area (TPSA) is 48.8 Å². The number of benzene rings is 2. The Labute approximate surface area is 125 Å². The molecule has 0 aliphatic carbocycles. The molecule has 0 heterocycles. The lowest BCUT2D eigenvalue weighted by Crippen LogP contribution is -2.08. The molecule has 2 aromatic rings. The van der Waals surface area contributed by atoms with Crippen molar-refractivity contribution in [3.8, 4) is 11.1 Å². The van der Waals surface area contributed by atoms with E-state index in [-0.39, 0.29) is 0 Å². The Bertz CT molecular complexity index is 861. The minimum absolute atomic E-state index is 1.82. The van der Waals surface area contributed by atoms with Gasteiger partial charge in [-0.05, 0) is 5.53 Å². The SMILES string of the molecule is [N-]=[N+]=Nc1c(F)c(F)c(-c2c(F)c(F)c(F)c(F)c2F)c(F)c1F. The van der Waals surface area contributed by atoms with E-state index in [0.717, 1.165) is 0 Å². The third-order valence-corrected chi connectivity index (χ3v) is 2.84. The molecule has 2 rings (SSSR count). The molecule has 24 heavy (non-hydrogen) atoms. The van der Waals surface area contributed by atoms with Crippen LogP contribution >= 0.6 is 0 Å². The molecule has 0 saturated heterocycles. The first-order valence-corrected chi connectivity index (χ1v) is 5.57. The van der Waals surface area contributed by atoms with Crippen LogP contribution in [-0.4, -0.2) is 0 Å². The quantitative estimate of drug-likeness (QED) is 0.169. The molecular formula is C12F9N3. The van der Waals surface area contributed by atoms with Crippen molar-refractivity contribution in [2.45, 2.75) is 0 Å². The minimum Gasteiger partial charge on any atom is -0.203 e. The minimum atomic E-state index is -2.66. The third kappa shape index (κ3) is 2.31. The van der Waals surface area contributed by atoms with Crippen LogP contribution < -0.4 is 0 Å². The van der Waals surface area contributed by atoms with Gasteiger partial charge in [0.2, 0.25) is 5.82 Å². The second-order valence-corrected chi connectivity index (χ2v) is 4.11. The van der Waals surface area contributed by atoms with E-state index in [1.54, 1.807) is 0 Å². The second-order valence-electron chi connectivity index (χ2n) is 4.11. The van der Waals surface area contributed by atoms with E-state index in [1.165, 1.54) is 0 Å². The van der Waals surface area contributed by atoms with E-state index in [1.807, 2.05) is 4.91 Å². The van der Waals surface area contributed by atoms with Gasteiger partial charge in [0.05, 0.1) is 11.1 Å². The molecule has 0 N–H and O–H groups in total. The molecule has 2 aromatic carbocycles. The molecule has 0 bridgehead atoms. The summed E-state index contributed by atoms with van der Waals surface area (Å²) in [5.74, 6) is -23.0. The maximum absolute atomic E-state index is 13.8. The van der Waals surface area contributed by atoms with E-state index < -0.39 is 69.2 Å². The maximum Gasteiger partial charge on any atom is 0.200 e. The fraction of sp³-hybridized carbons (Fsp3) is 0. The van der Waals surface area contributed by atoms with Crippen molar-refractivity contribution in [1.29, 1.82) is 0 Å². The standard InChI is InChI=1S/C12F9N3/c13-3-1(4(14)8(18)9(19)7(3)17)2-5(15)10(20)12(23-24-22)11(21)6(2)16. The number of nitrogens with zero attached hydrogens (tertiary/aromatic N) is 3. The monoisotopic (exact) mass is 357 g/mol. The largest absolute Gasteiger partial charge is 0.203 e. The molecule has 12 heteroatoms. The first kappa shape index (κ1) is 17.5. The molecule has 126 valence electrons. The lowest BCUT2D eigenvalue weighted by molar-refractivity contribution is 0.379. The van der Waals surface area contributed by atoms with E-state index in [9.17, 15) is 39.5 Å². The summed E-state index contributed by atoms with van der Waals surface area (Å²) in [7, 11) is 0. The summed E-state index contributed by atoms with van der Waals surface area (Å²) in [6.45, 7) is 0. The van der Waals surface area contributed by atoms with E-state index >= 15 is 0 Å². The Morgan fingerprint density at radius 3 is 1.12 bits per heavy atom. The van der Waals surface area contributed by atoms with Gasteiger partial charge in [-0.15, -0.1) is 0 Å². The molecule has 0 amide bonds. The van der Waals surface area contributed by atoms with Crippen molar-refractivity contribution in [2.75, 3.05) is 0 Å². The Morgan fingerprint density at radius 2 is 0.792 bits per heavy atom. The van der Waals surface area contributed by atoms with Crippen LogP contribution in [0.2, 0.25) is 0 Å². The second kappa shape index (κ2) is 5.96. The molecule has 0 aliphatic rings. The van der Waals surface area contributed by atoms with Crippen LogP contribution in [0.3, 0.4) is 0 Å². The smallest absolute Gasteiger partial charge is 0.200 e. The van der Waals surface area contributed by atoms with Crippen molar-refractivity contribution in [1.82, 2.24) is 0 Å². The highest BCUT2D eigenvalue weighted by Crippen LogP contribution is 2.39. The molecule has 0 aliphatic heterocycles. The zero-order valence-electron chi connectivity index (χ0n) is 10.7. The Kier molecular flexibility index (Phi) is 4.34. The zero-order valence-corrected chi connectivity index (χ0v) is 10.7. The van der Waals surface area contributed by atoms with Gasteiger partial charge in [0.1, 0.15) is 5.69 Å². The van der Waals surface area contributed by atoms with Gasteiger partial charge >= 0.3 is 0 Å². The normalized spacial score (nSPS) is 10.7. The maximum atomic E-state index is 13.8. The lowest BCUT2D eigenvalue weighted by Gasteiger charge is -2.12. The first-order chi connectivity index (χ1) is 11.1. The summed E-state index contributed by atoms with van der Waals surface area (Å²) in [5.41, 5.74) is 1.83. The third-order valence-electron chi connectivity index (χ3n) is 2.84. The van der Waals surface area contributed by atoms with Gasteiger partial charge < -0.3 is 0 Å². The molecule has 0 fully saturated rings. The van der Waals surface area contributed by atoms with Crippen LogP contribution in [0.4, 0.5) is 45.2 Å². The van der Waals surface area contributed by atoms with Crippen LogP contribution in [0.1, 0.15) is 0 Å². The van der Waals surface area contributed by atoms with Gasteiger partial charge in [0.15, 0.2) is 46.5 Å². The average Bonchev–Trinajstić information content (AvgIpc) is 2.56. The molecular weight excluding hydrogens is 357 g/mol. The van der Waals surface area contributed by atoms with E-state index in [0.29, 0.717) is 0 Å². The fourth-order valence-electron chi connectivity index (χ4n) is 1.80. The number of hydrogen-bond donors (Lipinski definition) is 0. The lowest BCUT2D eigenvalue weighted by atomic mass is 10.0. The Balaban J connectivity index is 3.03. The Morgan fingerprint density at radius 1 is 0.500 bits per heavy atom. The van der Waals surface area contributed by atoms with Gasteiger partial charge in [0.25, 0.3) is 0 Å². The van der Waals surface area contributed by atoms with Crippen molar-refractivity contribution < 1.29 is 39.5 Å². The summed E-state index contributed by atoms with van der Waals surface area (Å²) in [5, 5.41) is 2.31. The first-order valence-electron chi connectivity index (χ1n) is 5.57. The number of hydrogen-bond acceptors (Lipinski definition) is 1. The van der Waals surface area contributed by atoms with Crippen molar-refractivity contribution >= 4 is 5.69 Å². The summed E-state index contributed by atoms with van der Waals surface area (Å²) in [4.78, 5) is 1.88. The van der Waals surface area contributed by atoms with Gasteiger partial charge in [0, 0.05) is 4.91 Å². The number of azide groups is 1. The van der Waals surface area contributed by atoms with Gasteiger partial charge in [-0.3, -0.25) is 0 Å². The molecule has 0 spiro atoms. The van der Waals surface area contributed by atoms with E-state index in [4.69, 9.17) is 5.53 Å². The van der Waals surface area contributed by atoms with Crippen LogP contribution in [0, 0.1) is 52.4 Å². The summed E-state index contributed by atoms with van der Waals surface area (Å²) in [6, 6.07) is 0. The van der Waals surface area contributed by atoms with Crippen molar-refractivity contribution in [3.05, 3.63) is 62.8 Å².